The Balaban J connectivity index is 0.000000913. The molecule has 2 aromatic heterocycles. The van der Waals surface area contributed by atoms with Gasteiger partial charge in [-0.05, 0) is 38.0 Å². The number of hydrogen-bond acceptors (Lipinski definition) is 7. The van der Waals surface area contributed by atoms with E-state index in [-0.39, 0.29) is 18.0 Å². The molecule has 1 saturated heterocycles. The summed E-state index contributed by atoms with van der Waals surface area (Å²) >= 11 is 0. The van der Waals surface area contributed by atoms with Crippen molar-refractivity contribution < 1.29 is 19.1 Å². The fourth-order valence-electron chi connectivity index (χ4n) is 3.38. The number of hydrogen-bond donors (Lipinski definition) is 3. The normalized spacial score (nSPS) is 12.8. The first kappa shape index (κ1) is 22.7. The van der Waals surface area contributed by atoms with Crippen LogP contribution in [-0.4, -0.2) is 50.3 Å². The predicted octanol–water partition coefficient (Wildman–Crippen LogP) is 2.63. The summed E-state index contributed by atoms with van der Waals surface area (Å²) in [6.45, 7) is 4.19. The Morgan fingerprint density at radius 2 is 1.97 bits per heavy atom. The molecule has 0 bridgehead atoms. The molecule has 1 amide bonds. The molecule has 1 aromatic carbocycles. The highest BCUT2D eigenvalue weighted by atomic mass is 19.1. The van der Waals surface area contributed by atoms with Crippen molar-refractivity contribution in [2.24, 2.45) is 0 Å². The first-order valence-corrected chi connectivity index (χ1v) is 10.1. The van der Waals surface area contributed by atoms with Crippen molar-refractivity contribution in [3.63, 3.8) is 0 Å². The monoisotopic (exact) mass is 441 g/mol. The minimum absolute atomic E-state index is 0.117. The van der Waals surface area contributed by atoms with E-state index in [4.69, 9.17) is 15.6 Å². The molecule has 1 aliphatic heterocycles. The summed E-state index contributed by atoms with van der Waals surface area (Å²) in [6.07, 6.45) is 5.46. The third-order valence-electron chi connectivity index (χ3n) is 4.83. The highest BCUT2D eigenvalue weighted by Gasteiger charge is 2.17. The van der Waals surface area contributed by atoms with Crippen LogP contribution in [0.5, 0.6) is 0 Å². The van der Waals surface area contributed by atoms with Gasteiger partial charge in [0.1, 0.15) is 11.6 Å². The van der Waals surface area contributed by atoms with Gasteiger partial charge in [-0.1, -0.05) is 0 Å². The Morgan fingerprint density at radius 1 is 1.25 bits per heavy atom. The van der Waals surface area contributed by atoms with Crippen molar-refractivity contribution in [2.75, 3.05) is 29.0 Å². The third kappa shape index (κ3) is 5.56. The van der Waals surface area contributed by atoms with Crippen LogP contribution in [0.25, 0.3) is 11.3 Å². The Labute approximate surface area is 183 Å². The third-order valence-corrected chi connectivity index (χ3v) is 4.83. The molecular formula is C21H24FN7O3. The molecule has 32 heavy (non-hydrogen) atoms. The fourth-order valence-corrected chi connectivity index (χ4v) is 3.38. The summed E-state index contributed by atoms with van der Waals surface area (Å²) in [4.78, 5) is 31.6. The Kier molecular flexibility index (Phi) is 7.32. The van der Waals surface area contributed by atoms with E-state index in [2.05, 4.69) is 25.3 Å². The molecule has 4 rings (SSSR count). The minimum atomic E-state index is -0.531. The number of rotatable bonds is 5. The standard InChI is InChI=1S/C20H22FN7O.CH2O2/c1-2-28-12-16(11-23-28)24-19(29)14-7-13(8-15(21)9-14)17-10-18(26-20(22)25-17)27-5-3-4-6-27;2-1-3/h7-12H,2-6H2,1H3,(H,24,29)(H2,22,25,26);1H,(H,2,3). The van der Waals surface area contributed by atoms with Crippen molar-refractivity contribution in [1.29, 1.82) is 0 Å². The zero-order valence-electron chi connectivity index (χ0n) is 17.5. The van der Waals surface area contributed by atoms with Gasteiger partial charge in [-0.15, -0.1) is 0 Å². The summed E-state index contributed by atoms with van der Waals surface area (Å²) < 4.78 is 16.0. The van der Waals surface area contributed by atoms with E-state index in [0.717, 1.165) is 25.9 Å². The maximum atomic E-state index is 14.3. The number of halogens is 1. The zero-order chi connectivity index (χ0) is 23.1. The number of nitrogen functional groups attached to an aromatic ring is 1. The van der Waals surface area contributed by atoms with E-state index in [1.54, 1.807) is 29.2 Å². The van der Waals surface area contributed by atoms with Gasteiger partial charge >= 0.3 is 0 Å². The van der Waals surface area contributed by atoms with Crippen LogP contribution in [0.2, 0.25) is 0 Å². The van der Waals surface area contributed by atoms with Crippen molar-refractivity contribution in [3.05, 3.63) is 48.0 Å². The van der Waals surface area contributed by atoms with Crippen LogP contribution in [0.15, 0.2) is 36.7 Å². The Hall–Kier alpha value is -4.02. The second-order valence-electron chi connectivity index (χ2n) is 7.04. The smallest absolute Gasteiger partial charge is 0.290 e. The van der Waals surface area contributed by atoms with Gasteiger partial charge in [0.15, 0.2) is 0 Å². The molecule has 0 spiro atoms. The largest absolute Gasteiger partial charge is 0.483 e. The highest BCUT2D eigenvalue weighted by molar-refractivity contribution is 6.04. The van der Waals surface area contributed by atoms with Gasteiger partial charge in [-0.3, -0.25) is 14.3 Å². The zero-order valence-corrected chi connectivity index (χ0v) is 17.5. The van der Waals surface area contributed by atoms with E-state index in [1.165, 1.54) is 12.1 Å². The maximum absolute atomic E-state index is 14.3. The number of nitrogens with two attached hydrogens (primary N) is 1. The lowest BCUT2D eigenvalue weighted by Gasteiger charge is -2.17. The van der Waals surface area contributed by atoms with Crippen molar-refractivity contribution >= 4 is 29.8 Å². The Morgan fingerprint density at radius 3 is 2.62 bits per heavy atom. The van der Waals surface area contributed by atoms with Gasteiger partial charge < -0.3 is 21.1 Å². The molecule has 0 atom stereocenters. The molecule has 10 nitrogen and oxygen atoms in total. The van der Waals surface area contributed by atoms with E-state index in [0.29, 0.717) is 29.3 Å². The SMILES string of the molecule is CCn1cc(NC(=O)c2cc(F)cc(-c3cc(N4CCCC4)nc(N)n3)c2)cn1.O=CO. The molecule has 3 aromatic rings. The number of carbonyl (C=O) groups excluding carboxylic acids is 1. The number of carboxylic acid groups (broad SMARTS) is 1. The number of aryl methyl sites for hydroxylation is 1. The number of carbonyl (C=O) groups is 2. The molecular weight excluding hydrogens is 417 g/mol. The van der Waals surface area contributed by atoms with Crippen LogP contribution >= 0.6 is 0 Å². The minimum Gasteiger partial charge on any atom is -0.483 e. The molecule has 0 saturated carbocycles. The molecule has 3 heterocycles. The predicted molar refractivity (Wildman–Crippen MR) is 118 cm³/mol. The first-order valence-electron chi connectivity index (χ1n) is 10.1. The van der Waals surface area contributed by atoms with E-state index >= 15 is 0 Å². The quantitative estimate of drug-likeness (QED) is 0.514. The van der Waals surface area contributed by atoms with Crippen LogP contribution in [0.1, 0.15) is 30.1 Å². The van der Waals surface area contributed by atoms with Gasteiger partial charge in [-0.25, -0.2) is 9.37 Å². The number of nitrogens with zero attached hydrogens (tertiary/aromatic N) is 5. The molecule has 168 valence electrons. The summed E-state index contributed by atoms with van der Waals surface area (Å²) in [5.41, 5.74) is 7.56. The highest BCUT2D eigenvalue weighted by Crippen LogP contribution is 2.26. The molecule has 0 aliphatic carbocycles. The summed E-state index contributed by atoms with van der Waals surface area (Å²) in [7, 11) is 0. The van der Waals surface area contributed by atoms with Gasteiger partial charge in [0.05, 0.1) is 17.6 Å². The van der Waals surface area contributed by atoms with Gasteiger partial charge in [0, 0.05) is 43.0 Å². The number of amides is 1. The summed E-state index contributed by atoms with van der Waals surface area (Å²) in [6, 6.07) is 5.90. The second kappa shape index (κ2) is 10.3. The molecule has 11 heteroatoms. The van der Waals surface area contributed by atoms with E-state index < -0.39 is 11.7 Å². The van der Waals surface area contributed by atoms with Crippen LogP contribution in [0.3, 0.4) is 0 Å². The Bertz CT molecular complexity index is 1100. The summed E-state index contributed by atoms with van der Waals surface area (Å²) in [5.74, 6) is -0.126. The number of aromatic nitrogens is 4. The van der Waals surface area contributed by atoms with Gasteiger partial charge in [0.2, 0.25) is 5.95 Å². The van der Waals surface area contributed by atoms with Crippen molar-refractivity contribution in [1.82, 2.24) is 19.7 Å². The van der Waals surface area contributed by atoms with E-state index in [1.807, 2.05) is 6.92 Å². The molecule has 1 aliphatic rings. The number of nitrogens with one attached hydrogen (secondary N) is 1. The second-order valence-corrected chi connectivity index (χ2v) is 7.04. The van der Waals surface area contributed by atoms with Gasteiger partial charge in [-0.2, -0.15) is 10.1 Å². The lowest BCUT2D eigenvalue weighted by molar-refractivity contribution is -0.122. The van der Waals surface area contributed by atoms with Crippen molar-refractivity contribution in [2.45, 2.75) is 26.3 Å². The average molecular weight is 441 g/mol. The van der Waals surface area contributed by atoms with Crippen LogP contribution in [0.4, 0.5) is 21.8 Å². The lowest BCUT2D eigenvalue weighted by atomic mass is 10.1. The fraction of sp³-hybridized carbons (Fsp3) is 0.286. The molecule has 0 radical (unpaired) electrons. The average Bonchev–Trinajstić information content (AvgIpc) is 3.45. The number of benzene rings is 1. The molecule has 0 unspecified atom stereocenters. The van der Waals surface area contributed by atoms with Crippen LogP contribution < -0.4 is 16.0 Å². The maximum Gasteiger partial charge on any atom is 0.290 e. The van der Waals surface area contributed by atoms with Crippen LogP contribution in [-0.2, 0) is 11.3 Å². The number of anilines is 3. The summed E-state index contributed by atoms with van der Waals surface area (Å²) in [5, 5.41) is 13.7. The van der Waals surface area contributed by atoms with Crippen molar-refractivity contribution in [3.8, 4) is 11.3 Å². The lowest BCUT2D eigenvalue weighted by Crippen LogP contribution is -2.20. The van der Waals surface area contributed by atoms with Gasteiger partial charge in [0.25, 0.3) is 12.4 Å². The topological polar surface area (TPSA) is 139 Å². The van der Waals surface area contributed by atoms with Crippen LogP contribution in [0, 0.1) is 5.82 Å². The molecule has 4 N–H and O–H groups in total. The van der Waals surface area contributed by atoms with E-state index in [9.17, 15) is 9.18 Å². The molecule has 1 fully saturated rings. The first-order chi connectivity index (χ1) is 15.4.